The van der Waals surface area contributed by atoms with Gasteiger partial charge in [-0.3, -0.25) is 9.78 Å². The number of hydrogen-bond donors (Lipinski definition) is 2. The molecule has 3 rings (SSSR count). The van der Waals surface area contributed by atoms with Gasteiger partial charge in [0.15, 0.2) is 5.60 Å². The van der Waals surface area contributed by atoms with Crippen molar-refractivity contribution in [1.29, 1.82) is 0 Å². The number of sulfonamides is 1. The van der Waals surface area contributed by atoms with Crippen LogP contribution in [-0.4, -0.2) is 71.0 Å². The SMILES string of the molecule is CCCS(=O)(=O)N1CCCC2(CC(C(=O)Nc3cccnc3)=NO2)C1.O=C(O)C(F)(F)F. The zero-order valence-corrected chi connectivity index (χ0v) is 17.9. The fourth-order valence-corrected chi connectivity index (χ4v) is 4.80. The molecular formula is C18H23F3N4O6S. The van der Waals surface area contributed by atoms with Gasteiger partial charge < -0.3 is 15.3 Å². The van der Waals surface area contributed by atoms with Crippen LogP contribution in [0.2, 0.25) is 0 Å². The largest absolute Gasteiger partial charge is 0.490 e. The van der Waals surface area contributed by atoms with Gasteiger partial charge in [-0.1, -0.05) is 12.1 Å². The third-order valence-electron chi connectivity index (χ3n) is 4.62. The maximum Gasteiger partial charge on any atom is 0.490 e. The molecule has 10 nitrogen and oxygen atoms in total. The predicted octanol–water partition coefficient (Wildman–Crippen LogP) is 2.00. The van der Waals surface area contributed by atoms with Crippen LogP contribution in [0.5, 0.6) is 0 Å². The van der Waals surface area contributed by atoms with Crippen molar-refractivity contribution in [1.82, 2.24) is 9.29 Å². The lowest BCUT2D eigenvalue weighted by Crippen LogP contribution is -2.51. The van der Waals surface area contributed by atoms with Gasteiger partial charge in [-0.15, -0.1) is 0 Å². The van der Waals surface area contributed by atoms with E-state index in [1.54, 1.807) is 24.5 Å². The number of carbonyl (C=O) groups is 2. The standard InChI is InChI=1S/C16H22N4O4S.C2HF3O2/c1-2-9-25(22,23)20-8-4-6-16(12-20)10-14(19-24-16)15(21)18-13-5-3-7-17-11-13;3-2(4,5)1(6)7/h3,5,7,11H,2,4,6,8-10,12H2,1H3,(H,18,21);(H,6,7). The van der Waals surface area contributed by atoms with Crippen LogP contribution >= 0.6 is 0 Å². The number of aliphatic carboxylic acids is 1. The van der Waals surface area contributed by atoms with E-state index in [9.17, 15) is 26.4 Å². The number of nitrogens with zero attached hydrogens (tertiary/aromatic N) is 3. The van der Waals surface area contributed by atoms with Crippen LogP contribution in [0.3, 0.4) is 0 Å². The number of rotatable bonds is 5. The molecule has 1 spiro atoms. The molecule has 0 aromatic carbocycles. The van der Waals surface area contributed by atoms with E-state index in [4.69, 9.17) is 14.7 Å². The van der Waals surface area contributed by atoms with E-state index in [1.165, 1.54) is 4.31 Å². The van der Waals surface area contributed by atoms with Crippen molar-refractivity contribution in [2.24, 2.45) is 5.16 Å². The number of carbonyl (C=O) groups excluding carboxylic acids is 1. The molecule has 32 heavy (non-hydrogen) atoms. The molecule has 1 aromatic rings. The van der Waals surface area contributed by atoms with Gasteiger partial charge >= 0.3 is 12.1 Å². The molecule has 1 unspecified atom stereocenters. The number of anilines is 1. The average Bonchev–Trinajstić information content (AvgIpc) is 3.12. The third-order valence-corrected chi connectivity index (χ3v) is 6.65. The summed E-state index contributed by atoms with van der Waals surface area (Å²) in [5.74, 6) is -2.98. The van der Waals surface area contributed by atoms with E-state index in [1.807, 2.05) is 6.92 Å². The summed E-state index contributed by atoms with van der Waals surface area (Å²) in [6.45, 7) is 2.57. The summed E-state index contributed by atoms with van der Waals surface area (Å²) < 4.78 is 57.9. The highest BCUT2D eigenvalue weighted by Gasteiger charge is 2.46. The maximum atomic E-state index is 12.3. The number of halogens is 3. The van der Waals surface area contributed by atoms with E-state index in [-0.39, 0.29) is 23.9 Å². The number of piperidine rings is 1. The number of carboxylic acids is 1. The number of carboxylic acid groups (broad SMARTS) is 1. The molecule has 0 radical (unpaired) electrons. The fraction of sp³-hybridized carbons (Fsp3) is 0.556. The second-order valence-corrected chi connectivity index (χ2v) is 9.33. The highest BCUT2D eigenvalue weighted by molar-refractivity contribution is 7.89. The van der Waals surface area contributed by atoms with Gasteiger partial charge in [0.2, 0.25) is 10.0 Å². The smallest absolute Gasteiger partial charge is 0.475 e. The molecule has 1 aromatic heterocycles. The molecule has 178 valence electrons. The Hall–Kier alpha value is -2.74. The van der Waals surface area contributed by atoms with E-state index < -0.39 is 27.8 Å². The van der Waals surface area contributed by atoms with E-state index in [0.717, 1.165) is 0 Å². The van der Waals surface area contributed by atoms with Crippen LogP contribution in [0.25, 0.3) is 0 Å². The van der Waals surface area contributed by atoms with Gasteiger partial charge in [-0.2, -0.15) is 17.5 Å². The Balaban J connectivity index is 0.000000451. The second kappa shape index (κ2) is 10.3. The minimum absolute atomic E-state index is 0.123. The summed E-state index contributed by atoms with van der Waals surface area (Å²) >= 11 is 0. The van der Waals surface area contributed by atoms with Crippen molar-refractivity contribution in [2.75, 3.05) is 24.2 Å². The fourth-order valence-electron chi connectivity index (χ4n) is 3.18. The highest BCUT2D eigenvalue weighted by atomic mass is 32.2. The quantitative estimate of drug-likeness (QED) is 0.657. The number of alkyl halides is 3. The topological polar surface area (TPSA) is 138 Å². The van der Waals surface area contributed by atoms with Crippen LogP contribution in [-0.2, 0) is 24.4 Å². The van der Waals surface area contributed by atoms with Gasteiger partial charge in [0.1, 0.15) is 5.71 Å². The Bertz CT molecular complexity index is 955. The first-order valence-corrected chi connectivity index (χ1v) is 11.2. The first kappa shape index (κ1) is 25.5. The van der Waals surface area contributed by atoms with Crippen molar-refractivity contribution in [2.45, 2.75) is 44.4 Å². The van der Waals surface area contributed by atoms with Gasteiger partial charge in [0, 0.05) is 19.2 Å². The number of hydrogen-bond acceptors (Lipinski definition) is 7. The van der Waals surface area contributed by atoms with Gasteiger partial charge in [0.25, 0.3) is 5.91 Å². The van der Waals surface area contributed by atoms with Crippen LogP contribution in [0.1, 0.15) is 32.6 Å². The van der Waals surface area contributed by atoms with Crippen LogP contribution < -0.4 is 5.32 Å². The van der Waals surface area contributed by atoms with Gasteiger partial charge in [0.05, 0.1) is 24.2 Å². The summed E-state index contributed by atoms with van der Waals surface area (Å²) in [5.41, 5.74) is 0.117. The Morgan fingerprint density at radius 1 is 1.38 bits per heavy atom. The molecule has 2 aliphatic heterocycles. The maximum absolute atomic E-state index is 12.3. The lowest BCUT2D eigenvalue weighted by atomic mass is 9.89. The summed E-state index contributed by atoms with van der Waals surface area (Å²) in [6, 6.07) is 3.46. The molecule has 1 fully saturated rings. The van der Waals surface area contributed by atoms with Crippen LogP contribution in [0, 0.1) is 0 Å². The lowest BCUT2D eigenvalue weighted by Gasteiger charge is -2.37. The second-order valence-electron chi connectivity index (χ2n) is 7.24. The van der Waals surface area contributed by atoms with E-state index in [2.05, 4.69) is 15.5 Å². The zero-order valence-electron chi connectivity index (χ0n) is 17.1. The van der Waals surface area contributed by atoms with Crippen molar-refractivity contribution < 1.29 is 41.1 Å². The molecule has 2 aliphatic rings. The number of nitrogens with one attached hydrogen (secondary N) is 1. The highest BCUT2D eigenvalue weighted by Crippen LogP contribution is 2.34. The molecule has 1 saturated heterocycles. The molecule has 0 saturated carbocycles. The molecular weight excluding hydrogens is 457 g/mol. The third kappa shape index (κ3) is 6.88. The van der Waals surface area contributed by atoms with E-state index >= 15 is 0 Å². The number of aromatic nitrogens is 1. The Labute approximate surface area is 182 Å². The summed E-state index contributed by atoms with van der Waals surface area (Å²) in [4.78, 5) is 30.7. The van der Waals surface area contributed by atoms with Crippen molar-refractivity contribution in [3.8, 4) is 0 Å². The first-order valence-electron chi connectivity index (χ1n) is 9.63. The number of amides is 1. The van der Waals surface area contributed by atoms with Crippen LogP contribution in [0.4, 0.5) is 18.9 Å². The lowest BCUT2D eigenvalue weighted by molar-refractivity contribution is -0.192. The van der Waals surface area contributed by atoms with Crippen molar-refractivity contribution in [3.05, 3.63) is 24.5 Å². The van der Waals surface area contributed by atoms with Crippen molar-refractivity contribution in [3.63, 3.8) is 0 Å². The van der Waals surface area contributed by atoms with Crippen LogP contribution in [0.15, 0.2) is 29.7 Å². The Morgan fingerprint density at radius 3 is 2.62 bits per heavy atom. The Morgan fingerprint density at radius 2 is 2.06 bits per heavy atom. The molecule has 0 bridgehead atoms. The normalized spacial score (nSPS) is 21.2. The zero-order chi connectivity index (χ0) is 24.0. The molecule has 3 heterocycles. The summed E-state index contributed by atoms with van der Waals surface area (Å²) in [6.07, 6.45) is 0.325. The molecule has 0 aliphatic carbocycles. The molecule has 2 N–H and O–H groups in total. The molecule has 14 heteroatoms. The number of oxime groups is 1. The minimum Gasteiger partial charge on any atom is -0.475 e. The summed E-state index contributed by atoms with van der Waals surface area (Å²) in [5, 5.41) is 13.8. The Kier molecular flexibility index (Phi) is 8.18. The van der Waals surface area contributed by atoms with E-state index in [0.29, 0.717) is 37.9 Å². The average molecular weight is 480 g/mol. The molecule has 1 amide bonds. The monoisotopic (exact) mass is 480 g/mol. The summed E-state index contributed by atoms with van der Waals surface area (Å²) in [7, 11) is -3.29. The van der Waals surface area contributed by atoms with Gasteiger partial charge in [-0.05, 0) is 31.4 Å². The van der Waals surface area contributed by atoms with Crippen molar-refractivity contribution >= 4 is 33.3 Å². The van der Waals surface area contributed by atoms with Gasteiger partial charge in [-0.25, -0.2) is 13.2 Å². The minimum atomic E-state index is -5.08. The first-order chi connectivity index (χ1) is 14.9. The molecule has 1 atom stereocenters. The predicted molar refractivity (Wildman–Crippen MR) is 107 cm³/mol. The number of pyridine rings is 1.